The van der Waals surface area contributed by atoms with E-state index < -0.39 is 24.1 Å². The van der Waals surface area contributed by atoms with Crippen LogP contribution in [0.2, 0.25) is 0 Å². The number of ether oxygens (including phenoxy) is 1. The molecular formula is C25H29FN6O4. The second-order valence-electron chi connectivity index (χ2n) is 8.10. The van der Waals surface area contributed by atoms with E-state index in [-0.39, 0.29) is 32.1 Å². The van der Waals surface area contributed by atoms with E-state index in [0.717, 1.165) is 10.8 Å². The summed E-state index contributed by atoms with van der Waals surface area (Å²) in [6.07, 6.45) is 0.867. The zero-order valence-electron chi connectivity index (χ0n) is 20.1. The lowest BCUT2D eigenvalue weighted by molar-refractivity contribution is -0.119. The van der Waals surface area contributed by atoms with Crippen LogP contribution in [-0.4, -0.2) is 60.7 Å². The molecule has 0 aliphatic carbocycles. The van der Waals surface area contributed by atoms with Crippen LogP contribution in [0.15, 0.2) is 54.7 Å². The highest BCUT2D eigenvalue weighted by molar-refractivity contribution is 5.89. The molecule has 1 atom stereocenters. The van der Waals surface area contributed by atoms with E-state index in [1.165, 1.54) is 18.0 Å². The van der Waals surface area contributed by atoms with Gasteiger partial charge in [0.15, 0.2) is 0 Å². The van der Waals surface area contributed by atoms with Crippen LogP contribution >= 0.6 is 0 Å². The van der Waals surface area contributed by atoms with Gasteiger partial charge in [-0.1, -0.05) is 36.4 Å². The zero-order chi connectivity index (χ0) is 26.1. The lowest BCUT2D eigenvalue weighted by Crippen LogP contribution is -2.51. The van der Waals surface area contributed by atoms with Gasteiger partial charge >= 0.3 is 12.1 Å². The van der Waals surface area contributed by atoms with Crippen LogP contribution < -0.4 is 21.7 Å². The van der Waals surface area contributed by atoms with Crippen LogP contribution in [0.1, 0.15) is 11.1 Å². The molecule has 4 amide bonds. The van der Waals surface area contributed by atoms with Crippen LogP contribution in [0.3, 0.4) is 0 Å². The topological polar surface area (TPSA) is 139 Å². The van der Waals surface area contributed by atoms with E-state index in [2.05, 4.69) is 20.9 Å². The van der Waals surface area contributed by atoms with E-state index in [9.17, 15) is 18.8 Å². The minimum Gasteiger partial charge on any atom is -0.447 e. The molecule has 0 aliphatic rings. The molecule has 0 saturated heterocycles. The first-order valence-corrected chi connectivity index (χ1v) is 11.3. The van der Waals surface area contributed by atoms with Gasteiger partial charge in [-0.15, -0.1) is 0 Å². The number of likely N-dealkylation sites (N-methyl/N-ethyl adjacent to an activating group) is 1. The van der Waals surface area contributed by atoms with Crippen molar-refractivity contribution in [2.45, 2.75) is 19.5 Å². The molecule has 3 rings (SSSR count). The highest BCUT2D eigenvalue weighted by atomic mass is 19.1. The van der Waals surface area contributed by atoms with Gasteiger partial charge in [-0.2, -0.15) is 0 Å². The van der Waals surface area contributed by atoms with Crippen LogP contribution in [-0.2, 0) is 16.1 Å². The largest absolute Gasteiger partial charge is 0.447 e. The molecule has 1 aromatic heterocycles. The van der Waals surface area contributed by atoms with Crippen molar-refractivity contribution < 1.29 is 23.5 Å². The minimum absolute atomic E-state index is 0.000447. The van der Waals surface area contributed by atoms with Crippen molar-refractivity contribution in [1.29, 1.82) is 0 Å². The van der Waals surface area contributed by atoms with Gasteiger partial charge in [-0.05, 0) is 35.6 Å². The van der Waals surface area contributed by atoms with Gasteiger partial charge in [0, 0.05) is 31.7 Å². The average Bonchev–Trinajstić information content (AvgIpc) is 2.88. The molecule has 10 nitrogen and oxygen atoms in total. The third-order valence-electron chi connectivity index (χ3n) is 5.67. The summed E-state index contributed by atoms with van der Waals surface area (Å²) < 4.78 is 19.1. The van der Waals surface area contributed by atoms with Gasteiger partial charge in [0.2, 0.25) is 5.91 Å². The number of hydrogen-bond donors (Lipinski definition) is 4. The lowest BCUT2D eigenvalue weighted by Gasteiger charge is -2.28. The Bertz CT molecular complexity index is 1240. The molecule has 0 radical (unpaired) electrons. The maximum absolute atomic E-state index is 13.8. The van der Waals surface area contributed by atoms with Crippen molar-refractivity contribution in [3.05, 3.63) is 71.7 Å². The second-order valence-corrected chi connectivity index (χ2v) is 8.10. The molecule has 0 bridgehead atoms. The summed E-state index contributed by atoms with van der Waals surface area (Å²) in [5.41, 5.74) is 6.41. The van der Waals surface area contributed by atoms with Crippen molar-refractivity contribution >= 4 is 34.6 Å². The summed E-state index contributed by atoms with van der Waals surface area (Å²) in [5.74, 6) is -0.477. The first-order valence-electron chi connectivity index (χ1n) is 11.3. The number of hydrogen-bond acceptors (Lipinski definition) is 6. The number of nitrogens with two attached hydrogens (primary N) is 1. The Morgan fingerprint density at radius 2 is 1.86 bits per heavy atom. The Hall–Kier alpha value is -4.25. The van der Waals surface area contributed by atoms with Crippen molar-refractivity contribution in [3.8, 4) is 0 Å². The molecule has 2 aromatic carbocycles. The average molecular weight is 497 g/mol. The van der Waals surface area contributed by atoms with Crippen molar-refractivity contribution in [2.75, 3.05) is 32.1 Å². The number of aromatic nitrogens is 1. The second kappa shape index (κ2) is 12.5. The summed E-state index contributed by atoms with van der Waals surface area (Å²) in [5, 5.41) is 9.68. The number of amides is 4. The van der Waals surface area contributed by atoms with Gasteiger partial charge in [-0.25, -0.2) is 19.0 Å². The third-order valence-corrected chi connectivity index (χ3v) is 5.67. The number of pyridine rings is 1. The van der Waals surface area contributed by atoms with E-state index in [1.807, 2.05) is 24.3 Å². The molecule has 0 aliphatic heterocycles. The highest BCUT2D eigenvalue weighted by Crippen LogP contribution is 2.16. The Morgan fingerprint density at radius 1 is 1.11 bits per heavy atom. The fraction of sp³-hybridized carbons (Fsp3) is 0.280. The number of nitrogens with zero attached hydrogens (tertiary/aromatic N) is 2. The monoisotopic (exact) mass is 496 g/mol. The third kappa shape index (κ3) is 7.12. The zero-order valence-corrected chi connectivity index (χ0v) is 20.1. The summed E-state index contributed by atoms with van der Waals surface area (Å²) in [7, 11) is 1.50. The number of anilines is 1. The number of rotatable bonds is 9. The van der Waals surface area contributed by atoms with Gasteiger partial charge < -0.3 is 26.0 Å². The predicted octanol–water partition coefficient (Wildman–Crippen LogP) is 2.52. The fourth-order valence-corrected chi connectivity index (χ4v) is 3.38. The highest BCUT2D eigenvalue weighted by Gasteiger charge is 2.23. The SMILES string of the molecule is Cc1c(F)cccc1CNC(=O)N(C)[C@@H](CNC(=O)CN)COC(=O)Nc1cc2ccccc2cn1. The van der Waals surface area contributed by atoms with Gasteiger partial charge in [0.25, 0.3) is 0 Å². The molecule has 190 valence electrons. The Labute approximate surface area is 208 Å². The maximum atomic E-state index is 13.8. The van der Waals surface area contributed by atoms with E-state index in [1.54, 1.807) is 31.3 Å². The molecule has 11 heteroatoms. The van der Waals surface area contributed by atoms with Gasteiger partial charge in [-0.3, -0.25) is 10.1 Å². The Kier molecular flexibility index (Phi) is 9.12. The van der Waals surface area contributed by atoms with Crippen molar-refractivity contribution in [2.24, 2.45) is 5.73 Å². The molecule has 0 spiro atoms. The van der Waals surface area contributed by atoms with Crippen LogP contribution in [0.5, 0.6) is 0 Å². The molecule has 3 aromatic rings. The van der Waals surface area contributed by atoms with E-state index in [0.29, 0.717) is 16.9 Å². The summed E-state index contributed by atoms with van der Waals surface area (Å²) in [6.45, 7) is 1.29. The number of fused-ring (bicyclic) bond motifs is 1. The fourth-order valence-electron chi connectivity index (χ4n) is 3.38. The Morgan fingerprint density at radius 3 is 2.61 bits per heavy atom. The van der Waals surface area contributed by atoms with E-state index in [4.69, 9.17) is 10.5 Å². The van der Waals surface area contributed by atoms with Crippen LogP contribution in [0.4, 0.5) is 19.8 Å². The number of benzene rings is 2. The predicted molar refractivity (Wildman–Crippen MR) is 134 cm³/mol. The van der Waals surface area contributed by atoms with E-state index >= 15 is 0 Å². The van der Waals surface area contributed by atoms with Gasteiger partial charge in [0.1, 0.15) is 18.2 Å². The number of carbonyl (C=O) groups excluding carboxylic acids is 3. The van der Waals surface area contributed by atoms with Crippen LogP contribution in [0, 0.1) is 12.7 Å². The number of nitrogens with one attached hydrogen (secondary N) is 3. The molecule has 0 unspecified atom stereocenters. The standard InChI is InChI=1S/C25H29FN6O4/c1-16-18(8-5-9-21(16)26)12-30-24(34)32(2)20(14-29-23(33)11-27)15-36-25(35)31-22-10-17-6-3-4-7-19(17)13-28-22/h3-10,13,20H,11-12,14-15,27H2,1-2H3,(H,29,33)(H,30,34)(H,28,31,35)/t20-/m0/s1. The molecule has 0 fully saturated rings. The Balaban J connectivity index is 1.60. The molecule has 36 heavy (non-hydrogen) atoms. The summed E-state index contributed by atoms with van der Waals surface area (Å²) in [6, 6.07) is 12.7. The number of carbonyl (C=O) groups is 3. The summed E-state index contributed by atoms with van der Waals surface area (Å²) >= 11 is 0. The van der Waals surface area contributed by atoms with Crippen LogP contribution in [0.25, 0.3) is 10.8 Å². The molecular weight excluding hydrogens is 467 g/mol. The minimum atomic E-state index is -0.767. The lowest BCUT2D eigenvalue weighted by atomic mass is 10.1. The van der Waals surface area contributed by atoms with Crippen molar-refractivity contribution in [1.82, 2.24) is 20.5 Å². The molecule has 1 heterocycles. The molecule has 0 saturated carbocycles. The smallest absolute Gasteiger partial charge is 0.412 e. The first-order chi connectivity index (χ1) is 17.3. The normalized spacial score (nSPS) is 11.4. The first kappa shape index (κ1) is 26.4. The summed E-state index contributed by atoms with van der Waals surface area (Å²) in [4.78, 5) is 42.3. The number of urea groups is 1. The quantitative estimate of drug-likeness (QED) is 0.359. The molecule has 5 N–H and O–H groups in total. The van der Waals surface area contributed by atoms with Crippen molar-refractivity contribution in [3.63, 3.8) is 0 Å². The maximum Gasteiger partial charge on any atom is 0.412 e. The number of halogens is 1. The van der Waals surface area contributed by atoms with Gasteiger partial charge in [0.05, 0.1) is 12.6 Å².